The minimum atomic E-state index is -0.446. The molecule has 4 aromatic heterocycles. The molecule has 66 heavy (non-hydrogen) atoms. The van der Waals surface area contributed by atoms with E-state index in [1.807, 2.05) is 56.4 Å². The van der Waals surface area contributed by atoms with Gasteiger partial charge in [0.2, 0.25) is 0 Å². The third kappa shape index (κ3) is 10.2. The van der Waals surface area contributed by atoms with Crippen molar-refractivity contribution in [3.8, 4) is 11.1 Å². The molecule has 0 N–H and O–H groups in total. The monoisotopic (exact) mass is 962 g/mol. The number of carbonyl (C=O) groups is 2. The summed E-state index contributed by atoms with van der Waals surface area (Å²) in [5.74, 6) is 0.433. The van der Waals surface area contributed by atoms with Crippen LogP contribution >= 0.6 is 15.9 Å². The third-order valence-electron chi connectivity index (χ3n) is 14.2. The topological polar surface area (TPSA) is 125 Å². The first-order chi connectivity index (χ1) is 31.6. The number of aromatic nitrogens is 4. The quantitative estimate of drug-likeness (QED) is 0.108. The highest BCUT2D eigenvalue weighted by molar-refractivity contribution is 9.10. The van der Waals surface area contributed by atoms with E-state index in [1.54, 1.807) is 18.6 Å². The van der Waals surface area contributed by atoms with E-state index >= 15 is 0 Å². The van der Waals surface area contributed by atoms with Gasteiger partial charge >= 0.3 is 19.1 Å². The average molecular weight is 964 g/mol. The second-order valence-corrected chi connectivity index (χ2v) is 19.5. The second kappa shape index (κ2) is 21.0. The molecular weight excluding hydrogens is 899 g/mol. The summed E-state index contributed by atoms with van der Waals surface area (Å²) in [7, 11) is 2.43. The Labute approximate surface area is 397 Å². The van der Waals surface area contributed by atoms with Gasteiger partial charge in [0.05, 0.1) is 36.5 Å². The summed E-state index contributed by atoms with van der Waals surface area (Å²) in [5.41, 5.74) is 7.59. The SMILES string of the molecule is Brc1cccnc1.COC(=O)c1c(C)n(C(C)C2CCOCC2)c2cc(-c3cccnc3)ccc12.COC(=O)c1c(C)n(C(C)C2CCOCC2)c2cc(B3OC(C)(C)C(C)(C)O3)ccc12. The number of halogens is 1. The zero-order valence-corrected chi connectivity index (χ0v) is 41.6. The fraction of sp³-hybridized carbons (Fsp3) is 0.462. The number of hydrogen-bond acceptors (Lipinski definition) is 10. The lowest BCUT2D eigenvalue weighted by Crippen LogP contribution is -2.41. The minimum absolute atomic E-state index is 0.235. The Balaban J connectivity index is 0.000000172. The fourth-order valence-electron chi connectivity index (χ4n) is 9.66. The highest BCUT2D eigenvalue weighted by Gasteiger charge is 2.52. The molecule has 12 nitrogen and oxygen atoms in total. The molecule has 3 fully saturated rings. The largest absolute Gasteiger partial charge is 0.494 e. The maximum atomic E-state index is 12.7. The molecule has 3 saturated heterocycles. The van der Waals surface area contributed by atoms with E-state index in [9.17, 15) is 9.59 Å². The molecule has 0 aliphatic carbocycles. The van der Waals surface area contributed by atoms with Crippen LogP contribution in [0.1, 0.15) is 111 Å². The van der Waals surface area contributed by atoms with Crippen molar-refractivity contribution in [2.24, 2.45) is 11.8 Å². The molecule has 9 rings (SSSR count). The zero-order chi connectivity index (χ0) is 47.3. The molecule has 350 valence electrons. The van der Waals surface area contributed by atoms with Crippen molar-refractivity contribution in [3.63, 3.8) is 0 Å². The lowest BCUT2D eigenvalue weighted by atomic mass is 9.78. The molecule has 0 radical (unpaired) electrons. The van der Waals surface area contributed by atoms with Crippen molar-refractivity contribution < 1.29 is 37.8 Å². The summed E-state index contributed by atoms with van der Waals surface area (Å²) in [4.78, 5) is 33.3. The van der Waals surface area contributed by atoms with Gasteiger partial charge in [0, 0.05) is 107 Å². The van der Waals surface area contributed by atoms with Crippen LogP contribution in [-0.4, -0.2) is 90.0 Å². The van der Waals surface area contributed by atoms with E-state index in [2.05, 4.69) is 101 Å². The smallest absolute Gasteiger partial charge is 0.465 e. The van der Waals surface area contributed by atoms with E-state index in [0.29, 0.717) is 23.0 Å². The number of benzene rings is 2. The van der Waals surface area contributed by atoms with Crippen molar-refractivity contribution in [2.45, 2.75) is 104 Å². The Bertz CT molecular complexity index is 2600. The van der Waals surface area contributed by atoms with Crippen molar-refractivity contribution in [1.82, 2.24) is 19.1 Å². The van der Waals surface area contributed by atoms with Gasteiger partial charge in [0.1, 0.15) is 0 Å². The average Bonchev–Trinajstić information content (AvgIpc) is 3.88. The molecule has 14 heteroatoms. The Hall–Kier alpha value is -4.86. The highest BCUT2D eigenvalue weighted by atomic mass is 79.9. The predicted molar refractivity (Wildman–Crippen MR) is 263 cm³/mol. The number of nitrogens with zero attached hydrogens (tertiary/aromatic N) is 4. The Kier molecular flexibility index (Phi) is 15.6. The summed E-state index contributed by atoms with van der Waals surface area (Å²) in [6, 6.07) is 20.7. The molecule has 0 amide bonds. The number of ether oxygens (including phenoxy) is 4. The number of methoxy groups -OCH3 is 2. The Morgan fingerprint density at radius 3 is 1.58 bits per heavy atom. The lowest BCUT2D eigenvalue weighted by molar-refractivity contribution is 0.00578. The van der Waals surface area contributed by atoms with Crippen molar-refractivity contribution >= 4 is 62.3 Å². The summed E-state index contributed by atoms with van der Waals surface area (Å²) < 4.78 is 39.5. The summed E-state index contributed by atoms with van der Waals surface area (Å²) in [5, 5.41) is 1.85. The maximum Gasteiger partial charge on any atom is 0.494 e. The van der Waals surface area contributed by atoms with E-state index in [-0.39, 0.29) is 24.0 Å². The fourth-order valence-corrected chi connectivity index (χ4v) is 9.93. The first kappa shape index (κ1) is 49.1. The molecule has 3 aliphatic heterocycles. The van der Waals surface area contributed by atoms with E-state index < -0.39 is 18.3 Å². The first-order valence-electron chi connectivity index (χ1n) is 23.0. The molecule has 0 saturated carbocycles. The number of esters is 2. The Morgan fingerprint density at radius 1 is 0.682 bits per heavy atom. The molecule has 2 aromatic carbocycles. The van der Waals surface area contributed by atoms with Gasteiger partial charge in [-0.15, -0.1) is 0 Å². The van der Waals surface area contributed by atoms with Crippen LogP contribution in [0.2, 0.25) is 0 Å². The van der Waals surface area contributed by atoms with Gasteiger partial charge in [0.15, 0.2) is 0 Å². The van der Waals surface area contributed by atoms with Gasteiger partial charge < -0.3 is 37.4 Å². The summed E-state index contributed by atoms with van der Waals surface area (Å²) in [6.45, 7) is 19.9. The number of fused-ring (bicyclic) bond motifs is 2. The molecular formula is C52H64BBrN4O8. The van der Waals surface area contributed by atoms with E-state index in [1.165, 1.54) is 14.2 Å². The lowest BCUT2D eigenvalue weighted by Gasteiger charge is -2.32. The summed E-state index contributed by atoms with van der Waals surface area (Å²) >= 11 is 3.25. The number of carbonyl (C=O) groups excluding carboxylic acids is 2. The zero-order valence-electron chi connectivity index (χ0n) is 40.1. The predicted octanol–water partition coefficient (Wildman–Crippen LogP) is 10.7. The standard InChI is InChI=1S/C24H34BNO5.C23H26N2O3.C5H4BrN/c1-15(17-10-12-29-13-11-17)26-16(2)21(22(27)28-7)19-9-8-18(14-20(19)26)25-30-23(3,4)24(5,6)31-25;1-15(17-8-11-28-12-9-17)25-16(2)22(23(26)27-3)20-7-6-18(13-21(20)25)19-5-4-10-24-14-19;6-5-2-1-3-7-4-5/h8-9,14-15,17H,10-13H2,1-7H3;4-7,10,13-15,17H,8-9,11-12H2,1-3H3;1-4H. The highest BCUT2D eigenvalue weighted by Crippen LogP contribution is 2.40. The molecule has 7 heterocycles. The normalized spacial score (nSPS) is 18.2. The van der Waals surface area contributed by atoms with E-state index in [0.717, 1.165) is 106 Å². The third-order valence-corrected chi connectivity index (χ3v) is 14.6. The molecule has 0 bridgehead atoms. The van der Waals surface area contributed by atoms with Gasteiger partial charge in [0.25, 0.3) is 0 Å². The maximum absolute atomic E-state index is 12.7. The van der Waals surface area contributed by atoms with Gasteiger partial charge in [-0.05, 0) is 150 Å². The van der Waals surface area contributed by atoms with Crippen LogP contribution in [0, 0.1) is 25.7 Å². The van der Waals surface area contributed by atoms with Gasteiger partial charge in [-0.3, -0.25) is 9.97 Å². The van der Waals surface area contributed by atoms with Crippen LogP contribution in [0.15, 0.2) is 89.9 Å². The van der Waals surface area contributed by atoms with Crippen LogP contribution in [-0.2, 0) is 28.3 Å². The van der Waals surface area contributed by atoms with Crippen LogP contribution in [0.4, 0.5) is 0 Å². The number of rotatable bonds is 8. The number of pyridine rings is 2. The van der Waals surface area contributed by atoms with Crippen LogP contribution in [0.3, 0.4) is 0 Å². The van der Waals surface area contributed by atoms with Crippen LogP contribution in [0.5, 0.6) is 0 Å². The van der Waals surface area contributed by atoms with Crippen molar-refractivity contribution in [1.29, 1.82) is 0 Å². The van der Waals surface area contributed by atoms with Crippen LogP contribution in [0.25, 0.3) is 32.9 Å². The molecule has 2 unspecified atom stereocenters. The van der Waals surface area contributed by atoms with Crippen molar-refractivity contribution in [3.05, 3.63) is 112 Å². The minimum Gasteiger partial charge on any atom is -0.465 e. The van der Waals surface area contributed by atoms with Gasteiger partial charge in [-0.25, -0.2) is 9.59 Å². The van der Waals surface area contributed by atoms with Crippen molar-refractivity contribution in [2.75, 3.05) is 40.6 Å². The molecule has 2 atom stereocenters. The van der Waals surface area contributed by atoms with Crippen LogP contribution < -0.4 is 5.46 Å². The second-order valence-electron chi connectivity index (χ2n) is 18.5. The van der Waals surface area contributed by atoms with E-state index in [4.69, 9.17) is 28.3 Å². The molecule has 0 spiro atoms. The number of hydrogen-bond donors (Lipinski definition) is 0. The molecule has 6 aromatic rings. The molecule has 3 aliphatic rings. The van der Waals surface area contributed by atoms with Gasteiger partial charge in [-0.1, -0.05) is 30.3 Å². The first-order valence-corrected chi connectivity index (χ1v) is 23.8. The summed E-state index contributed by atoms with van der Waals surface area (Å²) in [6.07, 6.45) is 11.2. The van der Waals surface area contributed by atoms with Gasteiger partial charge in [-0.2, -0.15) is 0 Å². The Morgan fingerprint density at radius 2 is 1.15 bits per heavy atom.